The second kappa shape index (κ2) is 8.72. The standard InChI is InChI=1S/C14H21ClN2O3S.ClH/c1-3-8-14(2,16)13(18)17-9-10-21(19,20)12-6-4-11(15)5-7-12;/h4-7H,3,8-10,16H2,1-2H3,(H,17,18);1H. The highest BCUT2D eigenvalue weighted by atomic mass is 35.5. The third kappa shape index (κ3) is 6.12. The van der Waals surface area contributed by atoms with Crippen molar-refractivity contribution < 1.29 is 13.2 Å². The van der Waals surface area contributed by atoms with Crippen LogP contribution in [0.4, 0.5) is 0 Å². The number of nitrogens with one attached hydrogen (secondary N) is 1. The Kier molecular flexibility index (Phi) is 8.39. The molecule has 0 aliphatic rings. The lowest BCUT2D eigenvalue weighted by Crippen LogP contribution is -2.52. The number of sulfone groups is 1. The van der Waals surface area contributed by atoms with Crippen LogP contribution in [-0.4, -0.2) is 32.2 Å². The highest BCUT2D eigenvalue weighted by molar-refractivity contribution is 7.91. The molecule has 0 aromatic heterocycles. The Balaban J connectivity index is 0.00000441. The third-order valence-electron chi connectivity index (χ3n) is 3.12. The molecule has 1 amide bonds. The van der Waals surface area contributed by atoms with Crippen molar-refractivity contribution in [3.8, 4) is 0 Å². The van der Waals surface area contributed by atoms with E-state index < -0.39 is 15.4 Å². The van der Waals surface area contributed by atoms with Gasteiger partial charge in [-0.05, 0) is 37.6 Å². The highest BCUT2D eigenvalue weighted by Gasteiger charge is 2.27. The number of benzene rings is 1. The van der Waals surface area contributed by atoms with Gasteiger partial charge in [0.15, 0.2) is 9.84 Å². The first-order chi connectivity index (χ1) is 9.69. The summed E-state index contributed by atoms with van der Waals surface area (Å²) in [4.78, 5) is 12.1. The minimum absolute atomic E-state index is 0. The second-order valence-corrected chi connectivity index (χ2v) is 7.74. The molecule has 0 saturated carbocycles. The minimum Gasteiger partial charge on any atom is -0.353 e. The Morgan fingerprint density at radius 3 is 2.36 bits per heavy atom. The zero-order valence-electron chi connectivity index (χ0n) is 12.6. The van der Waals surface area contributed by atoms with E-state index in [9.17, 15) is 13.2 Å². The summed E-state index contributed by atoms with van der Waals surface area (Å²) in [6.07, 6.45) is 1.33. The van der Waals surface area contributed by atoms with Crippen molar-refractivity contribution in [2.45, 2.75) is 37.1 Å². The van der Waals surface area contributed by atoms with E-state index in [1.165, 1.54) is 24.3 Å². The molecule has 0 heterocycles. The normalized spacial score (nSPS) is 13.8. The van der Waals surface area contributed by atoms with Gasteiger partial charge in [-0.25, -0.2) is 8.42 Å². The fourth-order valence-electron chi connectivity index (χ4n) is 1.89. The Morgan fingerprint density at radius 2 is 1.86 bits per heavy atom. The van der Waals surface area contributed by atoms with Crippen molar-refractivity contribution >= 4 is 39.8 Å². The quantitative estimate of drug-likeness (QED) is 0.771. The van der Waals surface area contributed by atoms with E-state index in [4.69, 9.17) is 17.3 Å². The molecule has 1 atom stereocenters. The molecule has 0 radical (unpaired) electrons. The van der Waals surface area contributed by atoms with Gasteiger partial charge in [-0.1, -0.05) is 24.9 Å². The van der Waals surface area contributed by atoms with Crippen molar-refractivity contribution in [2.75, 3.05) is 12.3 Å². The fourth-order valence-corrected chi connectivity index (χ4v) is 3.18. The van der Waals surface area contributed by atoms with E-state index in [1.54, 1.807) is 6.92 Å². The first-order valence-corrected chi connectivity index (χ1v) is 8.77. The lowest BCUT2D eigenvalue weighted by atomic mass is 9.97. The molecule has 0 fully saturated rings. The monoisotopic (exact) mass is 368 g/mol. The van der Waals surface area contributed by atoms with Crippen LogP contribution in [0.2, 0.25) is 5.02 Å². The molecule has 0 spiro atoms. The SMILES string of the molecule is CCCC(C)(N)C(=O)NCCS(=O)(=O)c1ccc(Cl)cc1.Cl. The molecule has 0 aliphatic carbocycles. The zero-order valence-corrected chi connectivity index (χ0v) is 15.0. The first-order valence-electron chi connectivity index (χ1n) is 6.74. The molecule has 0 saturated heterocycles. The molecule has 0 aliphatic heterocycles. The maximum Gasteiger partial charge on any atom is 0.239 e. The predicted octanol–water partition coefficient (Wildman–Crippen LogP) is 2.17. The van der Waals surface area contributed by atoms with Crippen molar-refractivity contribution in [2.24, 2.45) is 5.73 Å². The summed E-state index contributed by atoms with van der Waals surface area (Å²) in [5, 5.41) is 3.05. The Bertz CT molecular complexity index is 587. The summed E-state index contributed by atoms with van der Waals surface area (Å²) >= 11 is 5.72. The molecule has 1 unspecified atom stereocenters. The molecule has 0 bridgehead atoms. The molecule has 8 heteroatoms. The number of carbonyl (C=O) groups excluding carboxylic acids is 1. The number of halogens is 2. The zero-order chi connectivity index (χ0) is 16.1. The van der Waals surface area contributed by atoms with E-state index in [0.29, 0.717) is 11.4 Å². The third-order valence-corrected chi connectivity index (χ3v) is 5.10. The first kappa shape index (κ1) is 21.2. The number of rotatable bonds is 7. The summed E-state index contributed by atoms with van der Waals surface area (Å²) in [6, 6.07) is 5.93. The number of amides is 1. The van der Waals surface area contributed by atoms with E-state index in [2.05, 4.69) is 5.32 Å². The van der Waals surface area contributed by atoms with Gasteiger partial charge < -0.3 is 11.1 Å². The lowest BCUT2D eigenvalue weighted by Gasteiger charge is -2.22. The second-order valence-electron chi connectivity index (χ2n) is 5.20. The number of nitrogens with two attached hydrogens (primary N) is 1. The van der Waals surface area contributed by atoms with Crippen molar-refractivity contribution in [1.82, 2.24) is 5.32 Å². The van der Waals surface area contributed by atoms with Gasteiger partial charge in [0.05, 0.1) is 16.2 Å². The lowest BCUT2D eigenvalue weighted by molar-refractivity contribution is -0.125. The van der Waals surface area contributed by atoms with Crippen LogP contribution in [0.3, 0.4) is 0 Å². The maximum absolute atomic E-state index is 12.1. The predicted molar refractivity (Wildman–Crippen MR) is 91.3 cm³/mol. The molecule has 126 valence electrons. The van der Waals surface area contributed by atoms with E-state index in [0.717, 1.165) is 6.42 Å². The number of carbonyl (C=O) groups is 1. The van der Waals surface area contributed by atoms with Crippen LogP contribution in [0.15, 0.2) is 29.2 Å². The van der Waals surface area contributed by atoms with Crippen LogP contribution in [0.5, 0.6) is 0 Å². The molecule has 1 rings (SSSR count). The van der Waals surface area contributed by atoms with E-state index >= 15 is 0 Å². The van der Waals surface area contributed by atoms with Gasteiger partial charge in [-0.15, -0.1) is 12.4 Å². The Hall–Kier alpha value is -0.820. The smallest absolute Gasteiger partial charge is 0.239 e. The number of hydrogen-bond donors (Lipinski definition) is 2. The maximum atomic E-state index is 12.1. The van der Waals surface area contributed by atoms with Gasteiger partial charge in [0, 0.05) is 11.6 Å². The van der Waals surface area contributed by atoms with Gasteiger partial charge in [-0.2, -0.15) is 0 Å². The van der Waals surface area contributed by atoms with Crippen LogP contribution in [0.1, 0.15) is 26.7 Å². The van der Waals surface area contributed by atoms with Gasteiger partial charge >= 0.3 is 0 Å². The van der Waals surface area contributed by atoms with E-state index in [-0.39, 0.29) is 35.5 Å². The van der Waals surface area contributed by atoms with Crippen molar-refractivity contribution in [3.63, 3.8) is 0 Å². The van der Waals surface area contributed by atoms with Gasteiger partial charge in [-0.3, -0.25) is 4.79 Å². The van der Waals surface area contributed by atoms with Gasteiger partial charge in [0.2, 0.25) is 5.91 Å². The molecule has 5 nitrogen and oxygen atoms in total. The van der Waals surface area contributed by atoms with E-state index in [1.807, 2.05) is 6.92 Å². The summed E-state index contributed by atoms with van der Waals surface area (Å²) < 4.78 is 24.1. The topological polar surface area (TPSA) is 89.3 Å². The summed E-state index contributed by atoms with van der Waals surface area (Å²) in [7, 11) is -3.44. The Morgan fingerprint density at radius 1 is 1.32 bits per heavy atom. The largest absolute Gasteiger partial charge is 0.353 e. The highest BCUT2D eigenvalue weighted by Crippen LogP contribution is 2.15. The van der Waals surface area contributed by atoms with Crippen LogP contribution >= 0.6 is 24.0 Å². The molecule has 22 heavy (non-hydrogen) atoms. The summed E-state index contributed by atoms with van der Waals surface area (Å²) in [5.74, 6) is -0.515. The summed E-state index contributed by atoms with van der Waals surface area (Å²) in [5.41, 5.74) is 4.90. The Labute approximate surface area is 142 Å². The molecular formula is C14H22Cl2N2O3S. The van der Waals surface area contributed by atoms with Crippen LogP contribution < -0.4 is 11.1 Å². The van der Waals surface area contributed by atoms with Crippen molar-refractivity contribution in [1.29, 1.82) is 0 Å². The molecule has 3 N–H and O–H groups in total. The van der Waals surface area contributed by atoms with Gasteiger partial charge in [0.25, 0.3) is 0 Å². The molecule has 1 aromatic rings. The van der Waals surface area contributed by atoms with Crippen LogP contribution in [0, 0.1) is 0 Å². The number of hydrogen-bond acceptors (Lipinski definition) is 4. The fraction of sp³-hybridized carbons (Fsp3) is 0.500. The van der Waals surface area contributed by atoms with Crippen LogP contribution in [0.25, 0.3) is 0 Å². The average molecular weight is 369 g/mol. The van der Waals surface area contributed by atoms with Crippen LogP contribution in [-0.2, 0) is 14.6 Å². The molecule has 1 aromatic carbocycles. The van der Waals surface area contributed by atoms with Gasteiger partial charge in [0.1, 0.15) is 0 Å². The minimum atomic E-state index is -3.44. The average Bonchev–Trinajstić information content (AvgIpc) is 2.38. The molecular weight excluding hydrogens is 347 g/mol. The van der Waals surface area contributed by atoms with Crippen molar-refractivity contribution in [3.05, 3.63) is 29.3 Å². The summed E-state index contributed by atoms with van der Waals surface area (Å²) in [6.45, 7) is 3.60.